The zero-order valence-electron chi connectivity index (χ0n) is 8.73. The van der Waals surface area contributed by atoms with Crippen molar-refractivity contribution in [1.82, 2.24) is 0 Å². The maximum Gasteiger partial charge on any atom is 0.310 e. The summed E-state index contributed by atoms with van der Waals surface area (Å²) in [5.41, 5.74) is 0. The molecular formula is C10H16O4. The third-order valence-corrected chi connectivity index (χ3v) is 3.25. The molecule has 0 aromatic carbocycles. The van der Waals surface area contributed by atoms with Crippen LogP contribution >= 0.6 is 0 Å². The van der Waals surface area contributed by atoms with Gasteiger partial charge in [-0.3, -0.25) is 4.79 Å². The third-order valence-electron chi connectivity index (χ3n) is 3.25. The van der Waals surface area contributed by atoms with Crippen molar-refractivity contribution in [3.05, 3.63) is 0 Å². The van der Waals surface area contributed by atoms with Crippen molar-refractivity contribution in [2.45, 2.75) is 38.8 Å². The van der Waals surface area contributed by atoms with E-state index in [-0.39, 0.29) is 30.0 Å². The number of methoxy groups -OCH3 is 1. The average Bonchev–Trinajstić information content (AvgIpc) is 2.16. The minimum absolute atomic E-state index is 0.0394. The molecule has 0 spiro atoms. The molecule has 4 nitrogen and oxygen atoms in total. The highest BCUT2D eigenvalue weighted by atomic mass is 16.7. The Morgan fingerprint density at radius 3 is 2.71 bits per heavy atom. The number of hydrogen-bond acceptors (Lipinski definition) is 4. The average molecular weight is 200 g/mol. The molecule has 5 atom stereocenters. The van der Waals surface area contributed by atoms with Crippen LogP contribution in [0.3, 0.4) is 0 Å². The summed E-state index contributed by atoms with van der Waals surface area (Å²) in [7, 11) is 1.69. The number of hydrogen-bond donors (Lipinski definition) is 0. The second kappa shape index (κ2) is 3.51. The first-order valence-electron chi connectivity index (χ1n) is 5.01. The Morgan fingerprint density at radius 1 is 1.36 bits per heavy atom. The molecule has 4 heteroatoms. The van der Waals surface area contributed by atoms with E-state index in [9.17, 15) is 4.79 Å². The first-order chi connectivity index (χ1) is 6.63. The second-order valence-corrected chi connectivity index (χ2v) is 4.16. The lowest BCUT2D eigenvalue weighted by Crippen LogP contribution is -2.55. The molecule has 0 N–H and O–H groups in total. The third kappa shape index (κ3) is 1.42. The van der Waals surface area contributed by atoms with Gasteiger partial charge >= 0.3 is 5.97 Å². The van der Waals surface area contributed by atoms with Gasteiger partial charge in [-0.2, -0.15) is 0 Å². The number of rotatable bonds is 1. The van der Waals surface area contributed by atoms with Crippen LogP contribution in [0.1, 0.15) is 20.3 Å². The van der Waals surface area contributed by atoms with E-state index >= 15 is 0 Å². The zero-order chi connectivity index (χ0) is 10.3. The zero-order valence-corrected chi connectivity index (χ0v) is 8.73. The summed E-state index contributed by atoms with van der Waals surface area (Å²) in [5.74, 6) is 0.203. The van der Waals surface area contributed by atoms with Crippen molar-refractivity contribution >= 4 is 5.97 Å². The molecule has 0 amide bonds. The van der Waals surface area contributed by atoms with Gasteiger partial charge in [-0.25, -0.2) is 0 Å². The van der Waals surface area contributed by atoms with E-state index in [1.54, 1.807) is 7.11 Å². The van der Waals surface area contributed by atoms with Gasteiger partial charge in [0.15, 0.2) is 0 Å². The van der Waals surface area contributed by atoms with Crippen LogP contribution in [0.4, 0.5) is 0 Å². The van der Waals surface area contributed by atoms with E-state index in [2.05, 4.69) is 6.92 Å². The number of esters is 1. The van der Waals surface area contributed by atoms with Gasteiger partial charge in [0.2, 0.25) is 6.29 Å². The molecular weight excluding hydrogens is 184 g/mol. The fourth-order valence-corrected chi connectivity index (χ4v) is 2.41. The summed E-state index contributed by atoms with van der Waals surface area (Å²) in [6, 6.07) is 0. The molecule has 2 saturated heterocycles. The molecule has 2 aliphatic rings. The first kappa shape index (κ1) is 9.93. The lowest BCUT2D eigenvalue weighted by Gasteiger charge is -2.46. The molecule has 0 aromatic heterocycles. The fraction of sp³-hybridized carbons (Fsp3) is 0.900. The monoisotopic (exact) mass is 200 g/mol. The van der Waals surface area contributed by atoms with Crippen LogP contribution in [0.15, 0.2) is 0 Å². The Balaban J connectivity index is 2.18. The Labute approximate surface area is 83.5 Å². The highest BCUT2D eigenvalue weighted by Gasteiger charge is 2.47. The molecule has 2 aliphatic heterocycles. The smallest absolute Gasteiger partial charge is 0.310 e. The van der Waals surface area contributed by atoms with Gasteiger partial charge in [0.25, 0.3) is 0 Å². The molecule has 2 heterocycles. The molecule has 0 aromatic rings. The van der Waals surface area contributed by atoms with Crippen molar-refractivity contribution in [2.24, 2.45) is 11.8 Å². The van der Waals surface area contributed by atoms with Crippen LogP contribution < -0.4 is 0 Å². The van der Waals surface area contributed by atoms with Crippen LogP contribution in [0.25, 0.3) is 0 Å². The second-order valence-electron chi connectivity index (χ2n) is 4.16. The van der Waals surface area contributed by atoms with Gasteiger partial charge in [-0.05, 0) is 0 Å². The quantitative estimate of drug-likeness (QED) is 0.591. The maximum atomic E-state index is 11.2. The molecule has 2 fully saturated rings. The molecule has 2 rings (SSSR count). The summed E-state index contributed by atoms with van der Waals surface area (Å²) in [5, 5.41) is 0. The van der Waals surface area contributed by atoms with Gasteiger partial charge in [0, 0.05) is 18.9 Å². The standard InChI is InChI=1S/C10H16O4/c1-5-7-4-8(11)14-10(13-7)6(2)9(5)12-3/h5-7,9-10H,4H2,1-3H3/t5-,6-,7+,9-,10-/m1/s1. The first-order valence-corrected chi connectivity index (χ1v) is 5.01. The molecule has 80 valence electrons. The van der Waals surface area contributed by atoms with Crippen molar-refractivity contribution < 1.29 is 19.0 Å². The SMILES string of the molecule is CO[C@H]1[C@@H](C)[C@H]2OC(=O)C[C@H](O2)[C@H]1C. The molecule has 0 radical (unpaired) electrons. The van der Waals surface area contributed by atoms with Gasteiger partial charge in [0.1, 0.15) is 0 Å². The van der Waals surface area contributed by atoms with Crippen LogP contribution in [0, 0.1) is 11.8 Å². The minimum atomic E-state index is -0.414. The Morgan fingerprint density at radius 2 is 2.07 bits per heavy atom. The van der Waals surface area contributed by atoms with Crippen molar-refractivity contribution in [3.8, 4) is 0 Å². The van der Waals surface area contributed by atoms with E-state index in [1.165, 1.54) is 0 Å². The van der Waals surface area contributed by atoms with E-state index in [0.717, 1.165) is 0 Å². The van der Waals surface area contributed by atoms with Crippen molar-refractivity contribution in [3.63, 3.8) is 0 Å². The predicted octanol–water partition coefficient (Wildman–Crippen LogP) is 0.945. The van der Waals surface area contributed by atoms with Crippen LogP contribution in [-0.4, -0.2) is 31.6 Å². The van der Waals surface area contributed by atoms with Crippen LogP contribution in [0.5, 0.6) is 0 Å². The van der Waals surface area contributed by atoms with Crippen molar-refractivity contribution in [1.29, 1.82) is 0 Å². The number of ether oxygens (including phenoxy) is 3. The van der Waals surface area contributed by atoms with Crippen LogP contribution in [0.2, 0.25) is 0 Å². The van der Waals surface area contributed by atoms with Gasteiger partial charge in [-0.15, -0.1) is 0 Å². The Kier molecular flexibility index (Phi) is 2.49. The lowest BCUT2D eigenvalue weighted by atomic mass is 9.83. The molecule has 0 aliphatic carbocycles. The van der Waals surface area contributed by atoms with Gasteiger partial charge < -0.3 is 14.2 Å². The largest absolute Gasteiger partial charge is 0.435 e. The maximum absolute atomic E-state index is 11.2. The molecule has 14 heavy (non-hydrogen) atoms. The molecule has 0 unspecified atom stereocenters. The highest BCUT2D eigenvalue weighted by Crippen LogP contribution is 2.36. The Hall–Kier alpha value is -0.610. The summed E-state index contributed by atoms with van der Waals surface area (Å²) in [6.07, 6.45) is 0.0150. The highest BCUT2D eigenvalue weighted by molar-refractivity contribution is 5.70. The van der Waals surface area contributed by atoms with Gasteiger partial charge in [-0.1, -0.05) is 13.8 Å². The summed E-state index contributed by atoms with van der Waals surface area (Å²) in [6.45, 7) is 4.05. The molecule has 0 saturated carbocycles. The van der Waals surface area contributed by atoms with E-state index in [0.29, 0.717) is 6.42 Å². The topological polar surface area (TPSA) is 44.8 Å². The van der Waals surface area contributed by atoms with Crippen LogP contribution in [-0.2, 0) is 19.0 Å². The fourth-order valence-electron chi connectivity index (χ4n) is 2.41. The minimum Gasteiger partial charge on any atom is -0.435 e. The van der Waals surface area contributed by atoms with Crippen molar-refractivity contribution in [2.75, 3.05) is 7.11 Å². The molecule has 2 bridgehead atoms. The predicted molar refractivity (Wildman–Crippen MR) is 48.5 cm³/mol. The normalized spacial score (nSPS) is 47.4. The number of carbonyl (C=O) groups is 1. The van der Waals surface area contributed by atoms with E-state index in [1.807, 2.05) is 6.92 Å². The van der Waals surface area contributed by atoms with Gasteiger partial charge in [0.05, 0.1) is 18.6 Å². The summed E-state index contributed by atoms with van der Waals surface area (Å²) < 4.78 is 16.2. The number of carbonyl (C=O) groups excluding carboxylic acids is 1. The Bertz CT molecular complexity index is 220. The summed E-state index contributed by atoms with van der Waals surface area (Å²) >= 11 is 0. The summed E-state index contributed by atoms with van der Waals surface area (Å²) in [4.78, 5) is 11.2. The number of fused-ring (bicyclic) bond motifs is 2. The van der Waals surface area contributed by atoms with E-state index in [4.69, 9.17) is 14.2 Å². The van der Waals surface area contributed by atoms with E-state index < -0.39 is 6.29 Å². The lowest BCUT2D eigenvalue weighted by molar-refractivity contribution is -0.281.